The summed E-state index contributed by atoms with van der Waals surface area (Å²) in [5.41, 5.74) is 1.86. The Balaban J connectivity index is 1.77. The number of ether oxygens (including phenoxy) is 4. The lowest BCUT2D eigenvalue weighted by molar-refractivity contribution is -0.140. The third kappa shape index (κ3) is 5.54. The molecular weight excluding hydrogens is 488 g/mol. The molecule has 1 N–H and O–H groups in total. The number of morpholine rings is 1. The summed E-state index contributed by atoms with van der Waals surface area (Å²) in [7, 11) is 3.06. The molecule has 0 spiro atoms. The molecule has 9 nitrogen and oxygen atoms in total. The number of rotatable bonds is 10. The van der Waals surface area contributed by atoms with Crippen LogP contribution in [0, 0.1) is 6.92 Å². The molecular formula is C29H34N2O7. The number of methoxy groups -OCH3 is 2. The van der Waals surface area contributed by atoms with Gasteiger partial charge >= 0.3 is 0 Å². The Morgan fingerprint density at radius 1 is 1.05 bits per heavy atom. The van der Waals surface area contributed by atoms with E-state index in [0.717, 1.165) is 18.7 Å². The Morgan fingerprint density at radius 2 is 1.76 bits per heavy atom. The predicted octanol–water partition coefficient (Wildman–Crippen LogP) is 3.33. The Labute approximate surface area is 222 Å². The number of Topliss-reactive ketones (excluding diaryl/α,β-unsaturated/α-hetero) is 1. The standard InChI is InChI=1S/C29H34N2O7/c1-5-14-38-22-8-7-21(17-19(22)2)27(32)25-26(20-6-9-23(35-3)24(18-20)36-4)31(29(34)28(25)33)11-10-30-12-15-37-16-13-30/h5-9,17-18,26,32H,1,10-16H2,2-4H3/t26-/m1/s1. The number of amides is 1. The van der Waals surface area contributed by atoms with Crippen molar-refractivity contribution in [1.29, 1.82) is 0 Å². The molecule has 2 fully saturated rings. The highest BCUT2D eigenvalue weighted by molar-refractivity contribution is 6.46. The summed E-state index contributed by atoms with van der Waals surface area (Å²) < 4.78 is 21.9. The zero-order valence-corrected chi connectivity index (χ0v) is 22.1. The van der Waals surface area contributed by atoms with E-state index < -0.39 is 17.7 Å². The average molecular weight is 523 g/mol. The number of aliphatic hydroxyl groups excluding tert-OH is 1. The average Bonchev–Trinajstić information content (AvgIpc) is 3.20. The summed E-state index contributed by atoms with van der Waals surface area (Å²) in [5, 5.41) is 11.4. The summed E-state index contributed by atoms with van der Waals surface area (Å²) in [6, 6.07) is 9.59. The normalized spacial score (nSPS) is 19.4. The number of benzene rings is 2. The van der Waals surface area contributed by atoms with Crippen LogP contribution in [0.2, 0.25) is 0 Å². The van der Waals surface area contributed by atoms with Crippen LogP contribution >= 0.6 is 0 Å². The molecule has 0 bridgehead atoms. The molecule has 0 saturated carbocycles. The molecule has 0 aliphatic carbocycles. The van der Waals surface area contributed by atoms with Crippen molar-refractivity contribution in [1.82, 2.24) is 9.80 Å². The Hall–Kier alpha value is -3.82. The number of aliphatic hydroxyl groups is 1. The first-order chi connectivity index (χ1) is 18.4. The molecule has 202 valence electrons. The second-order valence-electron chi connectivity index (χ2n) is 9.14. The van der Waals surface area contributed by atoms with E-state index in [0.29, 0.717) is 61.3 Å². The molecule has 2 saturated heterocycles. The monoisotopic (exact) mass is 522 g/mol. The first-order valence-electron chi connectivity index (χ1n) is 12.5. The number of hydrogen-bond acceptors (Lipinski definition) is 8. The Bertz CT molecular complexity index is 1230. The first kappa shape index (κ1) is 27.2. The summed E-state index contributed by atoms with van der Waals surface area (Å²) in [6.45, 7) is 9.51. The lowest BCUT2D eigenvalue weighted by Crippen LogP contribution is -2.42. The molecule has 2 heterocycles. The molecule has 1 amide bonds. The van der Waals surface area contributed by atoms with Crippen LogP contribution in [0.25, 0.3) is 5.76 Å². The van der Waals surface area contributed by atoms with Gasteiger partial charge in [0, 0.05) is 31.7 Å². The third-order valence-corrected chi connectivity index (χ3v) is 6.83. The molecule has 4 rings (SSSR count). The molecule has 1 atom stereocenters. The summed E-state index contributed by atoms with van der Waals surface area (Å²) in [5.74, 6) is 0.00553. The van der Waals surface area contributed by atoms with Crippen LogP contribution in [0.4, 0.5) is 0 Å². The van der Waals surface area contributed by atoms with E-state index >= 15 is 0 Å². The molecule has 0 aromatic heterocycles. The van der Waals surface area contributed by atoms with E-state index in [1.807, 2.05) is 6.92 Å². The van der Waals surface area contributed by atoms with Gasteiger partial charge in [-0.25, -0.2) is 0 Å². The van der Waals surface area contributed by atoms with Crippen LogP contribution in [0.15, 0.2) is 54.6 Å². The summed E-state index contributed by atoms with van der Waals surface area (Å²) >= 11 is 0. The maximum Gasteiger partial charge on any atom is 0.295 e. The van der Waals surface area contributed by atoms with Gasteiger partial charge in [0.15, 0.2) is 11.5 Å². The number of carbonyl (C=O) groups excluding carboxylic acids is 2. The first-order valence-corrected chi connectivity index (χ1v) is 12.5. The van der Waals surface area contributed by atoms with Crippen molar-refractivity contribution in [2.24, 2.45) is 0 Å². The number of aryl methyl sites for hydroxylation is 1. The van der Waals surface area contributed by atoms with Crippen LogP contribution in [-0.4, -0.2) is 86.8 Å². The lowest BCUT2D eigenvalue weighted by Gasteiger charge is -2.31. The van der Waals surface area contributed by atoms with Crippen molar-refractivity contribution in [3.05, 3.63) is 71.3 Å². The molecule has 0 radical (unpaired) electrons. The molecule has 2 aromatic rings. The number of ketones is 1. The highest BCUT2D eigenvalue weighted by Gasteiger charge is 2.46. The minimum Gasteiger partial charge on any atom is -0.507 e. The Morgan fingerprint density at radius 3 is 2.42 bits per heavy atom. The number of carbonyl (C=O) groups is 2. The highest BCUT2D eigenvalue weighted by atomic mass is 16.5. The molecule has 0 unspecified atom stereocenters. The number of nitrogens with zero attached hydrogens (tertiary/aromatic N) is 2. The van der Waals surface area contributed by atoms with Gasteiger partial charge in [-0.3, -0.25) is 14.5 Å². The largest absolute Gasteiger partial charge is 0.507 e. The molecule has 38 heavy (non-hydrogen) atoms. The molecule has 2 aliphatic rings. The van der Waals surface area contributed by atoms with Crippen LogP contribution in [0.1, 0.15) is 22.7 Å². The topological polar surface area (TPSA) is 97.8 Å². The second-order valence-corrected chi connectivity index (χ2v) is 9.14. The van der Waals surface area contributed by atoms with Crippen molar-refractivity contribution < 1.29 is 33.6 Å². The minimum atomic E-state index is -0.798. The SMILES string of the molecule is C=CCOc1ccc(C(O)=C2C(=O)C(=O)N(CCN3CCOCC3)[C@@H]2c2ccc(OC)c(OC)c2)cc1C. The smallest absolute Gasteiger partial charge is 0.295 e. The van der Waals surface area contributed by atoms with E-state index in [4.69, 9.17) is 18.9 Å². The van der Waals surface area contributed by atoms with Gasteiger partial charge in [-0.05, 0) is 48.4 Å². The quantitative estimate of drug-likeness (QED) is 0.220. The van der Waals surface area contributed by atoms with Gasteiger partial charge in [0.25, 0.3) is 11.7 Å². The zero-order valence-electron chi connectivity index (χ0n) is 22.1. The second kappa shape index (κ2) is 12.1. The molecule has 2 aliphatic heterocycles. The summed E-state index contributed by atoms with van der Waals surface area (Å²) in [6.07, 6.45) is 1.65. The van der Waals surface area contributed by atoms with Crippen LogP contribution in [-0.2, 0) is 14.3 Å². The van der Waals surface area contributed by atoms with E-state index in [2.05, 4.69) is 11.5 Å². The van der Waals surface area contributed by atoms with Crippen molar-refractivity contribution >= 4 is 17.4 Å². The van der Waals surface area contributed by atoms with E-state index in [1.54, 1.807) is 42.5 Å². The maximum absolute atomic E-state index is 13.4. The van der Waals surface area contributed by atoms with Gasteiger partial charge in [-0.2, -0.15) is 0 Å². The highest BCUT2D eigenvalue weighted by Crippen LogP contribution is 2.42. The lowest BCUT2D eigenvalue weighted by atomic mass is 9.94. The Kier molecular flexibility index (Phi) is 8.70. The van der Waals surface area contributed by atoms with Gasteiger partial charge in [0.05, 0.1) is 39.0 Å². The van der Waals surface area contributed by atoms with Gasteiger partial charge in [0.2, 0.25) is 0 Å². The third-order valence-electron chi connectivity index (χ3n) is 6.83. The maximum atomic E-state index is 13.4. The van der Waals surface area contributed by atoms with Gasteiger partial charge < -0.3 is 29.0 Å². The van der Waals surface area contributed by atoms with E-state index in [9.17, 15) is 14.7 Å². The van der Waals surface area contributed by atoms with Crippen LogP contribution < -0.4 is 14.2 Å². The van der Waals surface area contributed by atoms with Crippen molar-refractivity contribution in [2.75, 3.05) is 60.2 Å². The fraction of sp³-hybridized carbons (Fsp3) is 0.379. The van der Waals surface area contributed by atoms with E-state index in [1.165, 1.54) is 19.1 Å². The van der Waals surface area contributed by atoms with Crippen molar-refractivity contribution in [2.45, 2.75) is 13.0 Å². The number of likely N-dealkylation sites (tertiary alicyclic amines) is 1. The van der Waals surface area contributed by atoms with Crippen molar-refractivity contribution in [3.8, 4) is 17.2 Å². The van der Waals surface area contributed by atoms with E-state index in [-0.39, 0.29) is 11.3 Å². The minimum absolute atomic E-state index is 0.0309. The van der Waals surface area contributed by atoms with Gasteiger partial charge in [0.1, 0.15) is 18.1 Å². The summed E-state index contributed by atoms with van der Waals surface area (Å²) in [4.78, 5) is 30.5. The fourth-order valence-corrected chi connectivity index (χ4v) is 4.82. The zero-order chi connectivity index (χ0) is 27.2. The number of hydrogen-bond donors (Lipinski definition) is 1. The predicted molar refractivity (Wildman–Crippen MR) is 143 cm³/mol. The molecule has 9 heteroatoms. The van der Waals surface area contributed by atoms with Crippen LogP contribution in [0.5, 0.6) is 17.2 Å². The van der Waals surface area contributed by atoms with Gasteiger partial charge in [-0.15, -0.1) is 0 Å². The van der Waals surface area contributed by atoms with Gasteiger partial charge in [-0.1, -0.05) is 18.7 Å². The molecule has 2 aromatic carbocycles. The fourth-order valence-electron chi connectivity index (χ4n) is 4.82. The van der Waals surface area contributed by atoms with Crippen LogP contribution in [0.3, 0.4) is 0 Å². The van der Waals surface area contributed by atoms with Crippen molar-refractivity contribution in [3.63, 3.8) is 0 Å².